The number of aliphatic imine (C=N–C) groups is 1. The highest BCUT2D eigenvalue weighted by atomic mass is 35.5. The van der Waals surface area contributed by atoms with Crippen molar-refractivity contribution < 1.29 is 0 Å². The third-order valence-corrected chi connectivity index (χ3v) is 5.06. The summed E-state index contributed by atoms with van der Waals surface area (Å²) in [5, 5.41) is 12.4. The lowest BCUT2D eigenvalue weighted by atomic mass is 10.2. The van der Waals surface area contributed by atoms with Crippen molar-refractivity contribution in [3.05, 3.63) is 47.0 Å². The molecule has 0 bridgehead atoms. The molecular weight excluding hydrogens is 362 g/mol. The van der Waals surface area contributed by atoms with Crippen molar-refractivity contribution in [1.82, 2.24) is 29.9 Å². The molecule has 1 aliphatic rings. The zero-order valence-corrected chi connectivity index (χ0v) is 16.9. The molecule has 8 heteroatoms. The SMILES string of the molecule is CCc1nncn1CCNC(=NC)N1CCN(Cc2cccc(Cl)c2)CC1. The minimum atomic E-state index is 0.801. The van der Waals surface area contributed by atoms with Crippen molar-refractivity contribution in [3.63, 3.8) is 0 Å². The van der Waals surface area contributed by atoms with Crippen LogP contribution in [0.3, 0.4) is 0 Å². The van der Waals surface area contributed by atoms with Gasteiger partial charge in [0.2, 0.25) is 0 Å². The van der Waals surface area contributed by atoms with Crippen LogP contribution in [-0.4, -0.2) is 70.3 Å². The lowest BCUT2D eigenvalue weighted by molar-refractivity contribution is 0.172. The fourth-order valence-electron chi connectivity index (χ4n) is 3.37. The smallest absolute Gasteiger partial charge is 0.193 e. The number of nitrogens with zero attached hydrogens (tertiary/aromatic N) is 6. The van der Waals surface area contributed by atoms with Crippen LogP contribution in [-0.2, 0) is 19.5 Å². The average Bonchev–Trinajstić information content (AvgIpc) is 3.14. The van der Waals surface area contributed by atoms with Crippen molar-refractivity contribution in [1.29, 1.82) is 0 Å². The van der Waals surface area contributed by atoms with E-state index >= 15 is 0 Å². The normalized spacial score (nSPS) is 16.0. The van der Waals surface area contributed by atoms with Crippen molar-refractivity contribution >= 4 is 17.6 Å². The Morgan fingerprint density at radius 2 is 2.07 bits per heavy atom. The van der Waals surface area contributed by atoms with Crippen LogP contribution in [0.4, 0.5) is 0 Å². The molecular formula is C19H28ClN7. The quantitative estimate of drug-likeness (QED) is 0.603. The first-order valence-electron chi connectivity index (χ1n) is 9.48. The number of aromatic nitrogens is 3. The van der Waals surface area contributed by atoms with E-state index in [1.807, 2.05) is 25.2 Å². The number of nitrogens with one attached hydrogen (secondary N) is 1. The Balaban J connectivity index is 1.44. The molecule has 0 aliphatic carbocycles. The van der Waals surface area contributed by atoms with Gasteiger partial charge in [0.1, 0.15) is 12.2 Å². The van der Waals surface area contributed by atoms with E-state index in [0.717, 1.165) is 69.0 Å². The second-order valence-corrected chi connectivity index (χ2v) is 7.10. The van der Waals surface area contributed by atoms with Gasteiger partial charge in [0.15, 0.2) is 5.96 Å². The van der Waals surface area contributed by atoms with Gasteiger partial charge >= 0.3 is 0 Å². The molecule has 2 aromatic rings. The van der Waals surface area contributed by atoms with E-state index in [-0.39, 0.29) is 0 Å². The number of hydrogen-bond acceptors (Lipinski definition) is 4. The van der Waals surface area contributed by atoms with Gasteiger partial charge in [0.25, 0.3) is 0 Å². The Labute approximate surface area is 166 Å². The first kappa shape index (κ1) is 19.6. The maximum Gasteiger partial charge on any atom is 0.193 e. The Bertz CT molecular complexity index is 750. The topological polar surface area (TPSA) is 61.6 Å². The Hall–Kier alpha value is -2.12. The van der Waals surface area contributed by atoms with Crippen LogP contribution in [0, 0.1) is 0 Å². The molecule has 1 aliphatic heterocycles. The van der Waals surface area contributed by atoms with E-state index in [0.29, 0.717) is 0 Å². The van der Waals surface area contributed by atoms with Gasteiger partial charge in [-0.2, -0.15) is 0 Å². The van der Waals surface area contributed by atoms with Crippen LogP contribution in [0.2, 0.25) is 5.02 Å². The van der Waals surface area contributed by atoms with Gasteiger partial charge in [-0.05, 0) is 17.7 Å². The maximum absolute atomic E-state index is 6.09. The molecule has 0 radical (unpaired) electrons. The maximum atomic E-state index is 6.09. The van der Waals surface area contributed by atoms with Crippen LogP contribution >= 0.6 is 11.6 Å². The summed E-state index contributed by atoms with van der Waals surface area (Å²) in [5.74, 6) is 1.98. The summed E-state index contributed by atoms with van der Waals surface area (Å²) in [7, 11) is 1.84. The highest BCUT2D eigenvalue weighted by Gasteiger charge is 2.19. The summed E-state index contributed by atoms with van der Waals surface area (Å²) in [6.07, 6.45) is 2.68. The zero-order chi connectivity index (χ0) is 19.1. The van der Waals surface area contributed by atoms with E-state index < -0.39 is 0 Å². The van der Waals surface area contributed by atoms with Gasteiger partial charge in [-0.1, -0.05) is 30.7 Å². The van der Waals surface area contributed by atoms with Crippen LogP contribution < -0.4 is 5.32 Å². The molecule has 146 valence electrons. The molecule has 0 saturated carbocycles. The van der Waals surface area contributed by atoms with E-state index in [4.69, 9.17) is 11.6 Å². The van der Waals surface area contributed by atoms with Gasteiger partial charge in [0.05, 0.1) is 0 Å². The Morgan fingerprint density at radius 1 is 1.26 bits per heavy atom. The van der Waals surface area contributed by atoms with Crippen molar-refractivity contribution in [3.8, 4) is 0 Å². The molecule has 3 rings (SSSR count). The molecule has 1 fully saturated rings. The van der Waals surface area contributed by atoms with E-state index in [9.17, 15) is 0 Å². The fraction of sp³-hybridized carbons (Fsp3) is 0.526. The van der Waals surface area contributed by atoms with Crippen LogP contribution in [0.15, 0.2) is 35.6 Å². The lowest BCUT2D eigenvalue weighted by Crippen LogP contribution is -2.52. The molecule has 0 amide bonds. The molecule has 7 nitrogen and oxygen atoms in total. The van der Waals surface area contributed by atoms with Gasteiger partial charge < -0.3 is 14.8 Å². The summed E-state index contributed by atoms with van der Waals surface area (Å²) >= 11 is 6.09. The predicted molar refractivity (Wildman–Crippen MR) is 109 cm³/mol. The number of rotatable bonds is 6. The summed E-state index contributed by atoms with van der Waals surface area (Å²) in [4.78, 5) is 9.23. The summed E-state index contributed by atoms with van der Waals surface area (Å²) in [6, 6.07) is 8.11. The van der Waals surface area contributed by atoms with Gasteiger partial charge in [0, 0.05) is 64.3 Å². The van der Waals surface area contributed by atoms with E-state index in [2.05, 4.69) is 47.9 Å². The minimum absolute atomic E-state index is 0.801. The van der Waals surface area contributed by atoms with Crippen molar-refractivity contribution in [2.75, 3.05) is 39.8 Å². The van der Waals surface area contributed by atoms with Crippen molar-refractivity contribution in [2.45, 2.75) is 26.4 Å². The Morgan fingerprint density at radius 3 is 2.78 bits per heavy atom. The molecule has 0 spiro atoms. The van der Waals surface area contributed by atoms with Crippen LogP contribution in [0.25, 0.3) is 0 Å². The number of halogens is 1. The summed E-state index contributed by atoms with van der Waals surface area (Å²) < 4.78 is 2.09. The Kier molecular flexibility index (Phi) is 7.06. The molecule has 1 aromatic carbocycles. The number of aryl methyl sites for hydroxylation is 1. The average molecular weight is 390 g/mol. The first-order chi connectivity index (χ1) is 13.2. The summed E-state index contributed by atoms with van der Waals surface area (Å²) in [6.45, 7) is 8.63. The monoisotopic (exact) mass is 389 g/mol. The first-order valence-corrected chi connectivity index (χ1v) is 9.86. The second kappa shape index (κ2) is 9.71. The molecule has 1 N–H and O–H groups in total. The molecule has 27 heavy (non-hydrogen) atoms. The van der Waals surface area contributed by atoms with Gasteiger partial charge in [-0.25, -0.2) is 0 Å². The van der Waals surface area contributed by atoms with Crippen LogP contribution in [0.1, 0.15) is 18.3 Å². The van der Waals surface area contributed by atoms with Gasteiger partial charge in [-0.3, -0.25) is 9.89 Å². The standard InChI is InChI=1S/C19H28ClN7/c1-3-18-24-23-15-27(18)8-7-22-19(21-2)26-11-9-25(10-12-26)14-16-5-4-6-17(20)13-16/h4-6,13,15H,3,7-12,14H2,1-2H3,(H,21,22). The van der Waals surface area contributed by atoms with E-state index in [1.165, 1.54) is 5.56 Å². The van der Waals surface area contributed by atoms with Gasteiger partial charge in [-0.15, -0.1) is 10.2 Å². The molecule has 0 unspecified atom stereocenters. The lowest BCUT2D eigenvalue weighted by Gasteiger charge is -2.36. The fourth-order valence-corrected chi connectivity index (χ4v) is 3.58. The number of benzene rings is 1. The summed E-state index contributed by atoms with van der Waals surface area (Å²) in [5.41, 5.74) is 1.26. The molecule has 2 heterocycles. The highest BCUT2D eigenvalue weighted by molar-refractivity contribution is 6.30. The highest BCUT2D eigenvalue weighted by Crippen LogP contribution is 2.14. The molecule has 1 saturated heterocycles. The minimum Gasteiger partial charge on any atom is -0.354 e. The third kappa shape index (κ3) is 5.43. The number of piperazine rings is 1. The third-order valence-electron chi connectivity index (χ3n) is 4.83. The predicted octanol–water partition coefficient (Wildman–Crippen LogP) is 1.89. The zero-order valence-electron chi connectivity index (χ0n) is 16.1. The molecule has 1 aromatic heterocycles. The number of guanidine groups is 1. The van der Waals surface area contributed by atoms with Crippen LogP contribution in [0.5, 0.6) is 0 Å². The number of hydrogen-bond donors (Lipinski definition) is 1. The van der Waals surface area contributed by atoms with E-state index in [1.54, 1.807) is 6.33 Å². The van der Waals surface area contributed by atoms with Crippen molar-refractivity contribution in [2.24, 2.45) is 4.99 Å². The largest absolute Gasteiger partial charge is 0.354 e. The molecule has 0 atom stereocenters. The second-order valence-electron chi connectivity index (χ2n) is 6.66.